The number of benzene rings is 1. The first-order valence-corrected chi connectivity index (χ1v) is 7.53. The van der Waals surface area contributed by atoms with Gasteiger partial charge in [0, 0.05) is 37.3 Å². The summed E-state index contributed by atoms with van der Waals surface area (Å²) < 4.78 is 0. The molecule has 0 saturated carbocycles. The molecule has 3 rings (SSSR count). The molecule has 2 amide bonds. The molecular weight excluding hydrogens is 316 g/mol. The minimum absolute atomic E-state index is 0.0258. The third-order valence-electron chi connectivity index (χ3n) is 4.42. The summed E-state index contributed by atoms with van der Waals surface area (Å²) in [6.07, 6.45) is -0.0516. The number of rotatable bonds is 4. The molecule has 126 valence electrons. The number of hydrogen-bond acceptors (Lipinski definition) is 4. The number of nitrogens with zero attached hydrogens (tertiary/aromatic N) is 2. The van der Waals surface area contributed by atoms with Crippen LogP contribution in [-0.4, -0.2) is 47.1 Å². The van der Waals surface area contributed by atoms with Crippen LogP contribution in [0.1, 0.15) is 12.8 Å². The van der Waals surface area contributed by atoms with Crippen molar-refractivity contribution in [3.05, 3.63) is 24.3 Å². The first-order valence-electron chi connectivity index (χ1n) is 7.53. The maximum Gasteiger partial charge on any atom is 0.308 e. The number of carbonyl (C=O) groups excluding carboxylic acids is 2. The largest absolute Gasteiger partial charge is 0.481 e. The molecule has 2 atom stereocenters. The van der Waals surface area contributed by atoms with E-state index >= 15 is 0 Å². The van der Waals surface area contributed by atoms with E-state index in [9.17, 15) is 19.2 Å². The van der Waals surface area contributed by atoms with E-state index in [4.69, 9.17) is 10.2 Å². The van der Waals surface area contributed by atoms with Crippen LogP contribution in [0.5, 0.6) is 0 Å². The fraction of sp³-hybridized carbons (Fsp3) is 0.375. The van der Waals surface area contributed by atoms with E-state index in [1.165, 1.54) is 9.80 Å². The van der Waals surface area contributed by atoms with Crippen molar-refractivity contribution in [3.8, 4) is 0 Å². The van der Waals surface area contributed by atoms with Gasteiger partial charge >= 0.3 is 11.9 Å². The second kappa shape index (κ2) is 5.95. The minimum Gasteiger partial charge on any atom is -0.481 e. The average molecular weight is 332 g/mol. The monoisotopic (exact) mass is 332 g/mol. The number of anilines is 2. The van der Waals surface area contributed by atoms with Gasteiger partial charge in [-0.15, -0.1) is 0 Å². The summed E-state index contributed by atoms with van der Waals surface area (Å²) in [6.45, 7) is 0.245. The molecule has 2 aliphatic rings. The smallest absolute Gasteiger partial charge is 0.308 e. The molecule has 1 aromatic rings. The van der Waals surface area contributed by atoms with Gasteiger partial charge in [0.25, 0.3) is 0 Å². The van der Waals surface area contributed by atoms with Crippen LogP contribution in [0.25, 0.3) is 0 Å². The lowest BCUT2D eigenvalue weighted by atomic mass is 10.1. The summed E-state index contributed by atoms with van der Waals surface area (Å²) in [4.78, 5) is 48.7. The van der Waals surface area contributed by atoms with Crippen molar-refractivity contribution in [2.45, 2.75) is 12.8 Å². The molecule has 2 saturated heterocycles. The van der Waals surface area contributed by atoms with Crippen LogP contribution >= 0.6 is 0 Å². The van der Waals surface area contributed by atoms with Gasteiger partial charge in [-0.3, -0.25) is 19.2 Å². The molecule has 0 spiro atoms. The van der Waals surface area contributed by atoms with Gasteiger partial charge in [-0.2, -0.15) is 0 Å². The molecule has 8 nitrogen and oxygen atoms in total. The molecule has 8 heteroatoms. The summed E-state index contributed by atoms with van der Waals surface area (Å²) in [5.74, 6) is -3.92. The zero-order valence-electron chi connectivity index (χ0n) is 12.7. The summed E-state index contributed by atoms with van der Waals surface area (Å²) in [7, 11) is 0. The van der Waals surface area contributed by atoms with Crippen LogP contribution in [0.15, 0.2) is 24.3 Å². The topological polar surface area (TPSA) is 115 Å². The zero-order chi connectivity index (χ0) is 17.4. The summed E-state index contributed by atoms with van der Waals surface area (Å²) >= 11 is 0. The van der Waals surface area contributed by atoms with Crippen LogP contribution < -0.4 is 9.80 Å². The molecule has 2 aliphatic heterocycles. The average Bonchev–Trinajstić information content (AvgIpc) is 3.11. The standard InChI is InChI=1S/C16H16N2O6/c19-13-5-9(15(21)22)7-17(13)11-1-2-12(4-3-11)18-8-10(16(23)24)6-14(18)20/h1-4,9-10H,5-8H2,(H,21,22)(H,23,24)/t9-,10-/m0/s1. The van der Waals surface area contributed by atoms with Crippen LogP contribution in [0.3, 0.4) is 0 Å². The van der Waals surface area contributed by atoms with E-state index in [0.29, 0.717) is 11.4 Å². The highest BCUT2D eigenvalue weighted by atomic mass is 16.4. The summed E-state index contributed by atoms with van der Waals surface area (Å²) in [5.41, 5.74) is 1.13. The number of carboxylic acids is 2. The van der Waals surface area contributed by atoms with Crippen molar-refractivity contribution in [1.29, 1.82) is 0 Å². The van der Waals surface area contributed by atoms with Gasteiger partial charge in [-0.25, -0.2) is 0 Å². The van der Waals surface area contributed by atoms with Crippen LogP contribution in [0, 0.1) is 11.8 Å². The molecule has 0 unspecified atom stereocenters. The number of carbonyl (C=O) groups is 4. The van der Waals surface area contributed by atoms with E-state index in [-0.39, 0.29) is 37.7 Å². The highest BCUT2D eigenvalue weighted by Gasteiger charge is 2.36. The number of amides is 2. The van der Waals surface area contributed by atoms with Gasteiger partial charge in [0.05, 0.1) is 11.8 Å². The lowest BCUT2D eigenvalue weighted by molar-refractivity contribution is -0.142. The molecule has 2 fully saturated rings. The lowest BCUT2D eigenvalue weighted by Gasteiger charge is -2.19. The van der Waals surface area contributed by atoms with Gasteiger partial charge in [0.15, 0.2) is 0 Å². The molecule has 0 aromatic heterocycles. The van der Waals surface area contributed by atoms with Crippen LogP contribution in [-0.2, 0) is 19.2 Å². The Morgan fingerprint density at radius 1 is 0.792 bits per heavy atom. The van der Waals surface area contributed by atoms with Gasteiger partial charge in [0.2, 0.25) is 11.8 Å². The molecule has 1 aromatic carbocycles. The van der Waals surface area contributed by atoms with Gasteiger partial charge < -0.3 is 20.0 Å². The quantitative estimate of drug-likeness (QED) is 0.832. The SMILES string of the molecule is O=C(O)[C@H]1CC(=O)N(c2ccc(N3C[C@@H](C(=O)O)CC3=O)cc2)C1. The van der Waals surface area contributed by atoms with Crippen molar-refractivity contribution in [3.63, 3.8) is 0 Å². The number of aliphatic carboxylic acids is 2. The van der Waals surface area contributed by atoms with Crippen LogP contribution in [0.4, 0.5) is 11.4 Å². The molecular formula is C16H16N2O6. The van der Waals surface area contributed by atoms with Crippen molar-refractivity contribution in [1.82, 2.24) is 0 Å². The predicted octanol–water partition coefficient (Wildman–Crippen LogP) is 0.562. The summed E-state index contributed by atoms with van der Waals surface area (Å²) in [5, 5.41) is 18.0. The van der Waals surface area contributed by atoms with E-state index in [0.717, 1.165) is 0 Å². The molecule has 0 radical (unpaired) electrons. The van der Waals surface area contributed by atoms with Crippen molar-refractivity contribution < 1.29 is 29.4 Å². The number of carboxylic acid groups (broad SMARTS) is 2. The molecule has 2 N–H and O–H groups in total. The number of hydrogen-bond donors (Lipinski definition) is 2. The third kappa shape index (κ3) is 2.82. The predicted molar refractivity (Wildman–Crippen MR) is 82.6 cm³/mol. The Hall–Kier alpha value is -2.90. The van der Waals surface area contributed by atoms with Gasteiger partial charge in [0.1, 0.15) is 0 Å². The maximum absolute atomic E-state index is 11.9. The van der Waals surface area contributed by atoms with Crippen molar-refractivity contribution >= 4 is 35.1 Å². The van der Waals surface area contributed by atoms with E-state index in [1.807, 2.05) is 0 Å². The third-order valence-corrected chi connectivity index (χ3v) is 4.42. The molecule has 2 heterocycles. The van der Waals surface area contributed by atoms with Crippen molar-refractivity contribution in [2.75, 3.05) is 22.9 Å². The minimum atomic E-state index is -0.996. The van der Waals surface area contributed by atoms with Crippen molar-refractivity contribution in [2.24, 2.45) is 11.8 Å². The highest BCUT2D eigenvalue weighted by molar-refractivity contribution is 6.01. The second-order valence-corrected chi connectivity index (χ2v) is 6.00. The zero-order valence-corrected chi connectivity index (χ0v) is 12.7. The Morgan fingerprint density at radius 2 is 1.12 bits per heavy atom. The van der Waals surface area contributed by atoms with Gasteiger partial charge in [-0.1, -0.05) is 0 Å². The Morgan fingerprint density at radius 3 is 1.38 bits per heavy atom. The highest BCUT2D eigenvalue weighted by Crippen LogP contribution is 2.30. The second-order valence-electron chi connectivity index (χ2n) is 6.00. The van der Waals surface area contributed by atoms with Gasteiger partial charge in [-0.05, 0) is 24.3 Å². The normalized spacial score (nSPS) is 23.8. The Balaban J connectivity index is 1.75. The van der Waals surface area contributed by atoms with Crippen LogP contribution in [0.2, 0.25) is 0 Å². The molecule has 24 heavy (non-hydrogen) atoms. The first kappa shape index (κ1) is 16.0. The maximum atomic E-state index is 11.9. The first-order chi connectivity index (χ1) is 11.4. The summed E-state index contributed by atoms with van der Waals surface area (Å²) in [6, 6.07) is 6.55. The molecule has 0 aliphatic carbocycles. The Bertz CT molecular complexity index is 653. The van der Waals surface area contributed by atoms with E-state index in [2.05, 4.69) is 0 Å². The van der Waals surface area contributed by atoms with E-state index in [1.54, 1.807) is 24.3 Å². The molecule has 0 bridgehead atoms. The Labute approximate surface area is 137 Å². The fourth-order valence-corrected chi connectivity index (χ4v) is 3.06. The lowest BCUT2D eigenvalue weighted by Crippen LogP contribution is -2.27. The Kier molecular flexibility index (Phi) is 3.96. The fourth-order valence-electron chi connectivity index (χ4n) is 3.06. The van der Waals surface area contributed by atoms with E-state index < -0.39 is 23.8 Å².